The SMILES string of the molecule is CCCOCCn1[c]nnn1. The molecule has 1 heterocycles. The first-order valence-electron chi connectivity index (χ1n) is 3.65. The fraction of sp³-hybridized carbons (Fsp3) is 0.833. The van der Waals surface area contributed by atoms with Gasteiger partial charge in [-0.3, -0.25) is 0 Å². The molecule has 0 aliphatic heterocycles. The van der Waals surface area contributed by atoms with Crippen molar-refractivity contribution in [2.45, 2.75) is 19.9 Å². The first kappa shape index (κ1) is 8.13. The van der Waals surface area contributed by atoms with Crippen LogP contribution in [0, 0.1) is 6.33 Å². The van der Waals surface area contributed by atoms with E-state index in [1.165, 1.54) is 4.68 Å². The van der Waals surface area contributed by atoms with Crippen molar-refractivity contribution in [2.24, 2.45) is 0 Å². The molecular weight excluding hydrogens is 144 g/mol. The molecule has 0 fully saturated rings. The van der Waals surface area contributed by atoms with Crippen molar-refractivity contribution in [1.82, 2.24) is 20.2 Å². The zero-order chi connectivity index (χ0) is 7.94. The fourth-order valence-electron chi connectivity index (χ4n) is 0.652. The molecule has 0 saturated carbocycles. The second-order valence-electron chi connectivity index (χ2n) is 2.11. The monoisotopic (exact) mass is 155 g/mol. The maximum Gasteiger partial charge on any atom is 0.221 e. The Balaban J connectivity index is 2.04. The predicted octanol–water partition coefficient (Wildman–Crippen LogP) is -0.100. The molecule has 0 atom stereocenters. The van der Waals surface area contributed by atoms with Gasteiger partial charge < -0.3 is 4.74 Å². The minimum absolute atomic E-state index is 0.648. The summed E-state index contributed by atoms with van der Waals surface area (Å²) in [5.41, 5.74) is 0. The first-order chi connectivity index (χ1) is 5.43. The first-order valence-corrected chi connectivity index (χ1v) is 3.65. The van der Waals surface area contributed by atoms with Crippen LogP contribution in [-0.2, 0) is 11.3 Å². The third kappa shape index (κ3) is 3.08. The van der Waals surface area contributed by atoms with E-state index in [0.717, 1.165) is 13.0 Å². The average molecular weight is 155 g/mol. The van der Waals surface area contributed by atoms with Gasteiger partial charge in [0.1, 0.15) is 0 Å². The maximum atomic E-state index is 5.22. The number of tetrazole rings is 1. The Labute approximate surface area is 65.4 Å². The lowest BCUT2D eigenvalue weighted by Crippen LogP contribution is -2.07. The third-order valence-corrected chi connectivity index (χ3v) is 1.15. The number of rotatable bonds is 5. The Bertz CT molecular complexity index is 175. The van der Waals surface area contributed by atoms with E-state index in [4.69, 9.17) is 4.74 Å². The molecule has 0 spiro atoms. The van der Waals surface area contributed by atoms with Crippen molar-refractivity contribution in [2.75, 3.05) is 13.2 Å². The number of hydrogen-bond donors (Lipinski definition) is 0. The summed E-state index contributed by atoms with van der Waals surface area (Å²) in [7, 11) is 0. The number of ether oxygens (including phenoxy) is 1. The Morgan fingerprint density at radius 1 is 1.45 bits per heavy atom. The molecule has 1 aromatic rings. The van der Waals surface area contributed by atoms with E-state index in [1.807, 2.05) is 0 Å². The van der Waals surface area contributed by atoms with Gasteiger partial charge in [0, 0.05) is 6.61 Å². The molecule has 0 aliphatic carbocycles. The van der Waals surface area contributed by atoms with Crippen LogP contribution in [0.3, 0.4) is 0 Å². The molecular formula is C6H11N4O. The molecule has 0 aromatic carbocycles. The average Bonchev–Trinajstić information content (AvgIpc) is 2.50. The van der Waals surface area contributed by atoms with Crippen LogP contribution in [0.25, 0.3) is 0 Å². The lowest BCUT2D eigenvalue weighted by molar-refractivity contribution is 0.124. The topological polar surface area (TPSA) is 52.8 Å². The summed E-state index contributed by atoms with van der Waals surface area (Å²) >= 11 is 0. The molecule has 1 aromatic heterocycles. The molecule has 0 bridgehead atoms. The van der Waals surface area contributed by atoms with Gasteiger partial charge in [-0.05, 0) is 16.8 Å². The maximum absolute atomic E-state index is 5.22. The van der Waals surface area contributed by atoms with Gasteiger partial charge in [-0.25, -0.2) is 4.68 Å². The smallest absolute Gasteiger partial charge is 0.221 e. The highest BCUT2D eigenvalue weighted by Gasteiger charge is 1.91. The van der Waals surface area contributed by atoms with Crippen molar-refractivity contribution in [3.8, 4) is 0 Å². The van der Waals surface area contributed by atoms with Crippen molar-refractivity contribution < 1.29 is 4.74 Å². The van der Waals surface area contributed by atoms with E-state index >= 15 is 0 Å². The largest absolute Gasteiger partial charge is 0.380 e. The van der Waals surface area contributed by atoms with E-state index in [0.29, 0.717) is 13.2 Å². The van der Waals surface area contributed by atoms with Crippen LogP contribution in [0.4, 0.5) is 0 Å². The highest BCUT2D eigenvalue weighted by molar-refractivity contribution is 4.42. The van der Waals surface area contributed by atoms with Crippen LogP contribution < -0.4 is 0 Å². The van der Waals surface area contributed by atoms with Crippen LogP contribution in [-0.4, -0.2) is 33.4 Å². The summed E-state index contributed by atoms with van der Waals surface area (Å²) in [5.74, 6) is 0. The zero-order valence-corrected chi connectivity index (χ0v) is 6.53. The lowest BCUT2D eigenvalue weighted by atomic mass is 10.5. The Morgan fingerprint density at radius 3 is 3.00 bits per heavy atom. The van der Waals surface area contributed by atoms with Crippen molar-refractivity contribution >= 4 is 0 Å². The standard InChI is InChI=1S/C6H11N4O/c1-2-4-11-5-3-10-6-7-8-9-10/h2-5H2,1H3. The molecule has 1 rings (SSSR count). The van der Waals surface area contributed by atoms with Crippen LogP contribution in [0.15, 0.2) is 0 Å². The van der Waals surface area contributed by atoms with Gasteiger partial charge in [-0.2, -0.15) is 0 Å². The molecule has 0 aliphatic rings. The minimum atomic E-state index is 0.648. The summed E-state index contributed by atoms with van der Waals surface area (Å²) in [5, 5.41) is 10.4. The molecule has 5 heteroatoms. The van der Waals surface area contributed by atoms with E-state index in [1.54, 1.807) is 0 Å². The van der Waals surface area contributed by atoms with E-state index in [2.05, 4.69) is 28.8 Å². The summed E-state index contributed by atoms with van der Waals surface area (Å²) in [4.78, 5) is 0. The molecule has 0 unspecified atom stereocenters. The van der Waals surface area contributed by atoms with Gasteiger partial charge in [-0.15, -0.1) is 5.10 Å². The summed E-state index contributed by atoms with van der Waals surface area (Å²) < 4.78 is 6.74. The predicted molar refractivity (Wildman–Crippen MR) is 37.8 cm³/mol. The number of hydrogen-bond acceptors (Lipinski definition) is 4. The van der Waals surface area contributed by atoms with Crippen molar-refractivity contribution in [3.63, 3.8) is 0 Å². The highest BCUT2D eigenvalue weighted by Crippen LogP contribution is 1.82. The van der Waals surface area contributed by atoms with Gasteiger partial charge in [0.15, 0.2) is 0 Å². The molecule has 11 heavy (non-hydrogen) atoms. The third-order valence-electron chi connectivity index (χ3n) is 1.15. The van der Waals surface area contributed by atoms with E-state index < -0.39 is 0 Å². The van der Waals surface area contributed by atoms with Crippen LogP contribution in [0.2, 0.25) is 0 Å². The van der Waals surface area contributed by atoms with E-state index in [9.17, 15) is 0 Å². The molecule has 0 amide bonds. The second-order valence-corrected chi connectivity index (χ2v) is 2.11. The molecule has 5 nitrogen and oxygen atoms in total. The van der Waals surface area contributed by atoms with Gasteiger partial charge in [0.05, 0.1) is 13.2 Å². The molecule has 0 saturated heterocycles. The second kappa shape index (κ2) is 4.79. The van der Waals surface area contributed by atoms with Gasteiger partial charge in [-0.1, -0.05) is 6.92 Å². The Morgan fingerprint density at radius 2 is 2.36 bits per heavy atom. The Kier molecular flexibility index (Phi) is 3.54. The van der Waals surface area contributed by atoms with E-state index in [-0.39, 0.29) is 0 Å². The summed E-state index contributed by atoms with van der Waals surface area (Å²) in [6.07, 6.45) is 3.62. The normalized spacial score (nSPS) is 10.3. The number of aromatic nitrogens is 4. The number of nitrogens with zero attached hydrogens (tertiary/aromatic N) is 4. The summed E-state index contributed by atoms with van der Waals surface area (Å²) in [6, 6.07) is 0. The molecule has 1 radical (unpaired) electrons. The fourth-order valence-corrected chi connectivity index (χ4v) is 0.652. The van der Waals surface area contributed by atoms with Crippen LogP contribution in [0.1, 0.15) is 13.3 Å². The lowest BCUT2D eigenvalue weighted by Gasteiger charge is -1.99. The van der Waals surface area contributed by atoms with Gasteiger partial charge in [0.2, 0.25) is 6.33 Å². The Hall–Kier alpha value is -0.970. The molecule has 61 valence electrons. The van der Waals surface area contributed by atoms with Crippen LogP contribution in [0.5, 0.6) is 0 Å². The van der Waals surface area contributed by atoms with Gasteiger partial charge >= 0.3 is 0 Å². The quantitative estimate of drug-likeness (QED) is 0.557. The zero-order valence-electron chi connectivity index (χ0n) is 6.53. The summed E-state index contributed by atoms with van der Waals surface area (Å²) in [6.45, 7) is 4.19. The van der Waals surface area contributed by atoms with Crippen molar-refractivity contribution in [1.29, 1.82) is 0 Å². The van der Waals surface area contributed by atoms with Gasteiger partial charge in [0.25, 0.3) is 0 Å². The van der Waals surface area contributed by atoms with Crippen molar-refractivity contribution in [3.05, 3.63) is 6.33 Å². The highest BCUT2D eigenvalue weighted by atomic mass is 16.5. The van der Waals surface area contributed by atoms with Crippen LogP contribution >= 0.6 is 0 Å². The molecule has 0 N–H and O–H groups in total. The minimum Gasteiger partial charge on any atom is -0.380 e.